The van der Waals surface area contributed by atoms with Gasteiger partial charge in [-0.2, -0.15) is 5.06 Å². The van der Waals surface area contributed by atoms with Crippen molar-refractivity contribution < 1.29 is 9.19 Å². The van der Waals surface area contributed by atoms with Crippen LogP contribution in [0.5, 0.6) is 0 Å². The molecule has 0 radical (unpaired) electrons. The van der Waals surface area contributed by atoms with Crippen LogP contribution in [0.4, 0.5) is 0 Å². The summed E-state index contributed by atoms with van der Waals surface area (Å²) in [5.41, 5.74) is 0. The minimum Gasteiger partial charge on any atom is -0.304 e. The number of hydroxylamine groups is 2. The molecule has 0 bridgehead atoms. The van der Waals surface area contributed by atoms with Crippen molar-refractivity contribution in [1.29, 1.82) is 0 Å². The molecule has 0 spiro atoms. The van der Waals surface area contributed by atoms with Gasteiger partial charge in [0.05, 0.1) is 0 Å². The lowest BCUT2D eigenvalue weighted by molar-refractivity contribution is -0.0774. The highest BCUT2D eigenvalue weighted by molar-refractivity contribution is 8.05. The van der Waals surface area contributed by atoms with E-state index < -0.39 is 6.07 Å². The molecule has 1 aliphatic heterocycles. The number of hydrogen-bond donors (Lipinski definition) is 0. The quantitative estimate of drug-likeness (QED) is 0.680. The molecule has 0 saturated carbocycles. The van der Waals surface area contributed by atoms with E-state index in [0.717, 1.165) is 13.1 Å². The summed E-state index contributed by atoms with van der Waals surface area (Å²) in [5, 5.41) is 1.54. The van der Waals surface area contributed by atoms with Crippen LogP contribution in [0.3, 0.4) is 0 Å². The van der Waals surface area contributed by atoms with Gasteiger partial charge in [0.15, 0.2) is 0 Å². The first-order valence-electron chi connectivity index (χ1n) is 3.60. The molecule has 4 nitrogen and oxygen atoms in total. The predicted molar refractivity (Wildman–Crippen MR) is 49.5 cm³/mol. The van der Waals surface area contributed by atoms with Gasteiger partial charge < -0.3 is 4.90 Å². The summed E-state index contributed by atoms with van der Waals surface area (Å²) in [6.07, 6.45) is -3.40. The predicted octanol–water partition coefficient (Wildman–Crippen LogP) is 1.75. The number of likely N-dealkylation sites (N-methyl/N-ethyl adjacent to an activating group) is 1. The van der Waals surface area contributed by atoms with Gasteiger partial charge in [0, 0.05) is 26.2 Å². The Morgan fingerprint density at radius 2 is 1.75 bits per heavy atom. The van der Waals surface area contributed by atoms with Gasteiger partial charge in [-0.1, -0.05) is 0 Å². The van der Waals surface area contributed by atoms with Crippen LogP contribution in [0.25, 0.3) is 0 Å². The van der Waals surface area contributed by atoms with E-state index in [2.05, 4.69) is 4.90 Å². The second-order valence-electron chi connectivity index (χ2n) is 2.73. The Morgan fingerprint density at radius 3 is 2.17 bits per heavy atom. The van der Waals surface area contributed by atoms with Crippen molar-refractivity contribution in [3.05, 3.63) is 0 Å². The van der Waals surface area contributed by atoms with Gasteiger partial charge in [-0.15, -0.1) is 0 Å². The summed E-state index contributed by atoms with van der Waals surface area (Å²) in [7, 11) is 2.01. The zero-order chi connectivity index (χ0) is 9.19. The van der Waals surface area contributed by atoms with E-state index in [0.29, 0.717) is 13.1 Å². The summed E-state index contributed by atoms with van der Waals surface area (Å²) in [6.45, 7) is 3.10. The highest BCUT2D eigenvalue weighted by Gasteiger charge is 2.23. The van der Waals surface area contributed by atoms with Gasteiger partial charge >= 0.3 is 6.07 Å². The van der Waals surface area contributed by atoms with Crippen LogP contribution in [0.1, 0.15) is 0 Å². The van der Waals surface area contributed by atoms with E-state index in [1.165, 1.54) is 0 Å². The van der Waals surface area contributed by atoms with Gasteiger partial charge in [0.1, 0.15) is 0 Å². The summed E-state index contributed by atoms with van der Waals surface area (Å²) in [4.78, 5) is 2.15. The van der Waals surface area contributed by atoms with Crippen LogP contribution in [-0.2, 0) is 9.19 Å². The van der Waals surface area contributed by atoms with Crippen LogP contribution in [0.2, 0.25) is 0 Å². The highest BCUT2D eigenvalue weighted by atomic mass is 35.9. The smallest absolute Gasteiger partial charge is 0.304 e. The van der Waals surface area contributed by atoms with Gasteiger partial charge in [-0.25, -0.2) is 4.62 Å². The third-order valence-electron chi connectivity index (χ3n) is 1.67. The third-order valence-corrected chi connectivity index (χ3v) is 2.46. The molecule has 7 heteroatoms. The molecule has 0 atom stereocenters. The number of piperazine rings is 1. The number of hydrogen-bond acceptors (Lipinski definition) is 4. The van der Waals surface area contributed by atoms with Gasteiger partial charge in [-0.3, -0.25) is 4.57 Å². The second-order valence-corrected chi connectivity index (χ2v) is 6.91. The lowest BCUT2D eigenvalue weighted by atomic mass is 10.4. The molecule has 0 amide bonds. The zero-order valence-corrected chi connectivity index (χ0v) is 9.15. The van der Waals surface area contributed by atoms with Crippen molar-refractivity contribution in [2.75, 3.05) is 33.2 Å². The van der Waals surface area contributed by atoms with Gasteiger partial charge in [0.25, 0.3) is 0 Å². The lowest BCUT2D eigenvalue weighted by Crippen LogP contribution is -2.43. The van der Waals surface area contributed by atoms with E-state index in [9.17, 15) is 4.57 Å². The molecule has 1 saturated heterocycles. The van der Waals surface area contributed by atoms with Crippen molar-refractivity contribution in [3.63, 3.8) is 0 Å². The molecular formula is C5H11Cl2N2O2P. The first-order chi connectivity index (χ1) is 5.47. The number of rotatable bonds is 2. The maximum Gasteiger partial charge on any atom is 0.396 e. The first-order valence-corrected chi connectivity index (χ1v) is 7.03. The molecule has 0 aliphatic carbocycles. The summed E-state index contributed by atoms with van der Waals surface area (Å²) < 4.78 is 15.6. The monoisotopic (exact) mass is 232 g/mol. The van der Waals surface area contributed by atoms with Crippen molar-refractivity contribution in [3.8, 4) is 0 Å². The second kappa shape index (κ2) is 4.27. The molecule has 0 aromatic heterocycles. The Kier molecular flexibility index (Phi) is 3.83. The minimum atomic E-state index is -3.40. The Hall–Kier alpha value is 0.690. The lowest BCUT2D eigenvalue weighted by Gasteiger charge is -2.31. The molecule has 1 aliphatic rings. The van der Waals surface area contributed by atoms with Gasteiger partial charge in [0.2, 0.25) is 0 Å². The molecule has 12 heavy (non-hydrogen) atoms. The van der Waals surface area contributed by atoms with Crippen LogP contribution in [-0.4, -0.2) is 43.2 Å². The number of halogens is 2. The van der Waals surface area contributed by atoms with Crippen LogP contribution in [0.15, 0.2) is 0 Å². The van der Waals surface area contributed by atoms with Crippen LogP contribution >= 0.6 is 28.6 Å². The third kappa shape index (κ3) is 4.08. The molecule has 1 fully saturated rings. The molecule has 72 valence electrons. The SMILES string of the molecule is CN1CCN(OP(=O)(Cl)Cl)CC1. The van der Waals surface area contributed by atoms with E-state index in [1.54, 1.807) is 5.06 Å². The topological polar surface area (TPSA) is 32.8 Å². The molecule has 0 unspecified atom stereocenters. The maximum absolute atomic E-state index is 10.8. The summed E-state index contributed by atoms with van der Waals surface area (Å²) >= 11 is 10.5. The van der Waals surface area contributed by atoms with Crippen molar-refractivity contribution in [2.45, 2.75) is 0 Å². The summed E-state index contributed by atoms with van der Waals surface area (Å²) in [6, 6.07) is 0. The zero-order valence-electron chi connectivity index (χ0n) is 6.74. The maximum atomic E-state index is 10.8. The summed E-state index contributed by atoms with van der Waals surface area (Å²) in [5.74, 6) is 0. The Morgan fingerprint density at radius 1 is 1.25 bits per heavy atom. The van der Waals surface area contributed by atoms with E-state index in [1.807, 2.05) is 7.05 Å². The number of nitrogens with zero attached hydrogens (tertiary/aromatic N) is 2. The molecule has 0 aromatic rings. The standard InChI is InChI=1S/C5H11Cl2N2O2P/c1-8-2-4-9(5-3-8)11-12(6,7)10/h2-5H2,1H3. The van der Waals surface area contributed by atoms with Crippen molar-refractivity contribution in [2.24, 2.45) is 0 Å². The van der Waals surface area contributed by atoms with E-state index in [-0.39, 0.29) is 0 Å². The Labute approximate surface area is 81.3 Å². The fourth-order valence-electron chi connectivity index (χ4n) is 1.00. The van der Waals surface area contributed by atoms with Crippen molar-refractivity contribution >= 4 is 28.6 Å². The average Bonchev–Trinajstić information content (AvgIpc) is 1.91. The average molecular weight is 233 g/mol. The largest absolute Gasteiger partial charge is 0.396 e. The Balaban J connectivity index is 2.31. The molecular weight excluding hydrogens is 222 g/mol. The highest BCUT2D eigenvalue weighted by Crippen LogP contribution is 2.58. The molecule has 0 N–H and O–H groups in total. The van der Waals surface area contributed by atoms with E-state index >= 15 is 0 Å². The van der Waals surface area contributed by atoms with Crippen LogP contribution < -0.4 is 0 Å². The first kappa shape index (κ1) is 10.8. The van der Waals surface area contributed by atoms with Crippen molar-refractivity contribution in [1.82, 2.24) is 9.96 Å². The van der Waals surface area contributed by atoms with E-state index in [4.69, 9.17) is 27.1 Å². The van der Waals surface area contributed by atoms with Gasteiger partial charge in [-0.05, 0) is 29.5 Å². The minimum absolute atomic E-state index is 0.680. The normalized spacial score (nSPS) is 22.9. The molecule has 1 rings (SSSR count). The fourth-order valence-corrected chi connectivity index (χ4v) is 1.96. The van der Waals surface area contributed by atoms with Crippen LogP contribution in [0, 0.1) is 0 Å². The fraction of sp³-hybridized carbons (Fsp3) is 1.00. The Bertz CT molecular complexity index is 190. The molecule has 1 heterocycles. The molecule has 0 aromatic carbocycles.